The molecule has 3 nitrogen and oxygen atoms in total. The van der Waals surface area contributed by atoms with Gasteiger partial charge in [-0.25, -0.2) is 0 Å². The molecule has 1 aliphatic rings. The van der Waals surface area contributed by atoms with Gasteiger partial charge in [-0.3, -0.25) is 4.79 Å². The maximum Gasteiger partial charge on any atom is 0.251 e. The summed E-state index contributed by atoms with van der Waals surface area (Å²) in [5.41, 5.74) is 2.52. The zero-order chi connectivity index (χ0) is 15.1. The number of aryl methyl sites for hydroxylation is 1. The lowest BCUT2D eigenvalue weighted by Crippen LogP contribution is -2.28. The molecule has 1 saturated carbocycles. The molecule has 1 aromatic carbocycles. The standard InChI is InChI=1S/C18H23NO2/c1-14-10-16(8-4-5-9-20)12-17(11-14)18(21)19-13-15-6-2-3-7-15/h10-12,15,20H,2-3,5-7,9,13H2,1H3,(H,19,21). The Morgan fingerprint density at radius 1 is 1.33 bits per heavy atom. The SMILES string of the molecule is Cc1cc(C#CCCO)cc(C(=O)NCC2CCCC2)c1. The molecule has 1 aliphatic carbocycles. The van der Waals surface area contributed by atoms with E-state index in [2.05, 4.69) is 17.2 Å². The third-order valence-electron chi connectivity index (χ3n) is 3.84. The summed E-state index contributed by atoms with van der Waals surface area (Å²) in [4.78, 5) is 12.2. The van der Waals surface area contributed by atoms with Crippen LogP contribution in [0.2, 0.25) is 0 Å². The number of amides is 1. The molecule has 2 rings (SSSR count). The molecule has 21 heavy (non-hydrogen) atoms. The van der Waals surface area contributed by atoms with Gasteiger partial charge < -0.3 is 10.4 Å². The molecular formula is C18H23NO2. The van der Waals surface area contributed by atoms with Gasteiger partial charge in [0, 0.05) is 24.1 Å². The van der Waals surface area contributed by atoms with Gasteiger partial charge in [0.1, 0.15) is 0 Å². The molecule has 0 atom stereocenters. The summed E-state index contributed by atoms with van der Waals surface area (Å²) in [5.74, 6) is 6.50. The van der Waals surface area contributed by atoms with E-state index < -0.39 is 0 Å². The summed E-state index contributed by atoms with van der Waals surface area (Å²) < 4.78 is 0. The quantitative estimate of drug-likeness (QED) is 0.836. The summed E-state index contributed by atoms with van der Waals surface area (Å²) in [6, 6.07) is 5.67. The molecule has 0 spiro atoms. The largest absolute Gasteiger partial charge is 0.395 e. The van der Waals surface area contributed by atoms with Crippen LogP contribution in [0.5, 0.6) is 0 Å². The van der Waals surface area contributed by atoms with Crippen LogP contribution in [0.1, 0.15) is 53.6 Å². The summed E-state index contributed by atoms with van der Waals surface area (Å²) in [6.45, 7) is 2.80. The van der Waals surface area contributed by atoms with Crippen molar-refractivity contribution in [1.82, 2.24) is 5.32 Å². The highest BCUT2D eigenvalue weighted by Gasteiger charge is 2.16. The molecule has 2 N–H and O–H groups in total. The molecule has 112 valence electrons. The van der Waals surface area contributed by atoms with Crippen LogP contribution >= 0.6 is 0 Å². The second-order valence-corrected chi connectivity index (χ2v) is 5.72. The van der Waals surface area contributed by atoms with Gasteiger partial charge in [0.05, 0.1) is 6.61 Å². The molecule has 0 aromatic heterocycles. The van der Waals surface area contributed by atoms with Crippen molar-refractivity contribution in [1.29, 1.82) is 0 Å². The fraction of sp³-hybridized carbons (Fsp3) is 0.500. The zero-order valence-electron chi connectivity index (χ0n) is 12.6. The van der Waals surface area contributed by atoms with E-state index in [-0.39, 0.29) is 12.5 Å². The van der Waals surface area contributed by atoms with Gasteiger partial charge in [-0.2, -0.15) is 0 Å². The molecule has 0 heterocycles. The molecule has 0 aliphatic heterocycles. The van der Waals surface area contributed by atoms with Crippen LogP contribution in [-0.2, 0) is 0 Å². The fourth-order valence-electron chi connectivity index (χ4n) is 2.76. The number of nitrogens with one attached hydrogen (secondary N) is 1. The Hall–Kier alpha value is -1.79. The molecule has 1 aromatic rings. The first-order valence-electron chi connectivity index (χ1n) is 7.68. The Morgan fingerprint density at radius 3 is 2.81 bits per heavy atom. The zero-order valence-corrected chi connectivity index (χ0v) is 12.6. The van der Waals surface area contributed by atoms with E-state index >= 15 is 0 Å². The Balaban J connectivity index is 2.00. The predicted molar refractivity (Wildman–Crippen MR) is 84.1 cm³/mol. The van der Waals surface area contributed by atoms with Crippen molar-refractivity contribution < 1.29 is 9.90 Å². The van der Waals surface area contributed by atoms with Crippen LogP contribution < -0.4 is 5.32 Å². The lowest BCUT2D eigenvalue weighted by molar-refractivity contribution is 0.0947. The van der Waals surface area contributed by atoms with Crippen LogP contribution in [0.15, 0.2) is 18.2 Å². The summed E-state index contributed by atoms with van der Waals surface area (Å²) >= 11 is 0. The highest BCUT2D eigenvalue weighted by Crippen LogP contribution is 2.23. The van der Waals surface area contributed by atoms with E-state index in [1.165, 1.54) is 25.7 Å². The van der Waals surface area contributed by atoms with Gasteiger partial charge in [0.15, 0.2) is 0 Å². The van der Waals surface area contributed by atoms with E-state index in [0.29, 0.717) is 17.9 Å². The predicted octanol–water partition coefficient (Wildman–Crippen LogP) is 2.65. The first-order chi connectivity index (χ1) is 10.2. The third-order valence-corrected chi connectivity index (χ3v) is 3.84. The van der Waals surface area contributed by atoms with Crippen LogP contribution in [0.3, 0.4) is 0 Å². The highest BCUT2D eigenvalue weighted by molar-refractivity contribution is 5.94. The van der Waals surface area contributed by atoms with E-state index in [9.17, 15) is 4.79 Å². The minimum atomic E-state index is -0.0178. The van der Waals surface area contributed by atoms with Crippen molar-refractivity contribution in [3.05, 3.63) is 34.9 Å². The smallest absolute Gasteiger partial charge is 0.251 e. The minimum Gasteiger partial charge on any atom is -0.395 e. The Morgan fingerprint density at radius 2 is 2.10 bits per heavy atom. The average molecular weight is 285 g/mol. The van der Waals surface area contributed by atoms with Crippen LogP contribution in [0, 0.1) is 24.7 Å². The number of aliphatic hydroxyl groups excluding tert-OH is 1. The van der Waals surface area contributed by atoms with E-state index in [1.807, 2.05) is 25.1 Å². The van der Waals surface area contributed by atoms with Crippen molar-refractivity contribution in [2.24, 2.45) is 5.92 Å². The Kier molecular flexibility index (Phi) is 5.83. The Labute approximate surface area is 126 Å². The molecule has 1 fully saturated rings. The van der Waals surface area contributed by atoms with Crippen molar-refractivity contribution in [2.45, 2.75) is 39.0 Å². The van der Waals surface area contributed by atoms with E-state index in [4.69, 9.17) is 5.11 Å². The molecule has 0 saturated heterocycles. The maximum absolute atomic E-state index is 12.2. The number of aliphatic hydroxyl groups is 1. The summed E-state index contributed by atoms with van der Waals surface area (Å²) in [5, 5.41) is 11.8. The second kappa shape index (κ2) is 7.85. The lowest BCUT2D eigenvalue weighted by atomic mass is 10.0. The number of hydrogen-bond acceptors (Lipinski definition) is 2. The number of carbonyl (C=O) groups excluding carboxylic acids is 1. The first kappa shape index (κ1) is 15.6. The average Bonchev–Trinajstić information content (AvgIpc) is 2.98. The van der Waals surface area contributed by atoms with Crippen LogP contribution in [-0.4, -0.2) is 24.2 Å². The molecule has 3 heteroatoms. The van der Waals surface area contributed by atoms with Crippen molar-refractivity contribution in [3.8, 4) is 11.8 Å². The number of hydrogen-bond donors (Lipinski definition) is 2. The second-order valence-electron chi connectivity index (χ2n) is 5.72. The van der Waals surface area contributed by atoms with Crippen molar-refractivity contribution >= 4 is 5.91 Å². The highest BCUT2D eigenvalue weighted by atomic mass is 16.2. The van der Waals surface area contributed by atoms with E-state index in [1.54, 1.807) is 0 Å². The van der Waals surface area contributed by atoms with Crippen molar-refractivity contribution in [2.75, 3.05) is 13.2 Å². The fourth-order valence-corrected chi connectivity index (χ4v) is 2.76. The topological polar surface area (TPSA) is 49.3 Å². The van der Waals surface area contributed by atoms with Gasteiger partial charge in [0.25, 0.3) is 5.91 Å². The molecule has 0 radical (unpaired) electrons. The number of rotatable bonds is 4. The molecule has 0 unspecified atom stereocenters. The monoisotopic (exact) mass is 285 g/mol. The minimum absolute atomic E-state index is 0.0178. The number of benzene rings is 1. The van der Waals surface area contributed by atoms with Crippen molar-refractivity contribution in [3.63, 3.8) is 0 Å². The van der Waals surface area contributed by atoms with Gasteiger partial charge >= 0.3 is 0 Å². The van der Waals surface area contributed by atoms with Gasteiger partial charge in [-0.15, -0.1) is 0 Å². The van der Waals surface area contributed by atoms with Gasteiger partial charge in [-0.05, 0) is 49.4 Å². The first-order valence-corrected chi connectivity index (χ1v) is 7.68. The normalized spacial score (nSPS) is 14.6. The van der Waals surface area contributed by atoms with Crippen LogP contribution in [0.25, 0.3) is 0 Å². The maximum atomic E-state index is 12.2. The third kappa shape index (κ3) is 4.91. The van der Waals surface area contributed by atoms with E-state index in [0.717, 1.165) is 17.7 Å². The summed E-state index contributed by atoms with van der Waals surface area (Å²) in [6.07, 6.45) is 5.49. The van der Waals surface area contributed by atoms with Gasteiger partial charge in [0.2, 0.25) is 0 Å². The van der Waals surface area contributed by atoms with Crippen LogP contribution in [0.4, 0.5) is 0 Å². The number of carbonyl (C=O) groups is 1. The molecular weight excluding hydrogens is 262 g/mol. The van der Waals surface area contributed by atoms with Gasteiger partial charge in [-0.1, -0.05) is 24.7 Å². The molecule has 0 bridgehead atoms. The lowest BCUT2D eigenvalue weighted by Gasteiger charge is -2.11. The molecule has 1 amide bonds. The Bertz CT molecular complexity index is 548. The summed E-state index contributed by atoms with van der Waals surface area (Å²) in [7, 11) is 0.